The van der Waals surface area contributed by atoms with Gasteiger partial charge in [0.25, 0.3) is 0 Å². The molecule has 2 aliphatic rings. The van der Waals surface area contributed by atoms with Crippen molar-refractivity contribution in [3.8, 4) is 0 Å². The average Bonchev–Trinajstić information content (AvgIpc) is 2.83. The highest BCUT2D eigenvalue weighted by molar-refractivity contribution is 8.16. The molecule has 3 rings (SSSR count). The zero-order chi connectivity index (χ0) is 16.1. The van der Waals surface area contributed by atoms with Crippen LogP contribution in [-0.4, -0.2) is 42.3 Å². The highest BCUT2D eigenvalue weighted by atomic mass is 35.5. The molecule has 0 aliphatic carbocycles. The van der Waals surface area contributed by atoms with Gasteiger partial charge in [-0.1, -0.05) is 29.4 Å². The molecule has 0 N–H and O–H groups in total. The van der Waals surface area contributed by atoms with Crippen molar-refractivity contribution >= 4 is 50.0 Å². The molecular weight excluding hydrogens is 344 g/mol. The van der Waals surface area contributed by atoms with E-state index in [0.717, 1.165) is 11.3 Å². The van der Waals surface area contributed by atoms with Crippen LogP contribution in [0.1, 0.15) is 12.5 Å². The number of nitrogens with zero attached hydrogens (tertiary/aromatic N) is 2. The van der Waals surface area contributed by atoms with Crippen molar-refractivity contribution < 1.29 is 13.2 Å². The Morgan fingerprint density at radius 1 is 1.41 bits per heavy atom. The molecule has 1 amide bonds. The van der Waals surface area contributed by atoms with Crippen molar-refractivity contribution in [1.82, 2.24) is 0 Å². The summed E-state index contributed by atoms with van der Waals surface area (Å²) in [6, 6.07) is 5.25. The van der Waals surface area contributed by atoms with E-state index in [1.807, 2.05) is 17.9 Å². The summed E-state index contributed by atoms with van der Waals surface area (Å²) in [5.41, 5.74) is 1.77. The summed E-state index contributed by atoms with van der Waals surface area (Å²) in [7, 11) is -3.06. The molecule has 0 spiro atoms. The van der Waals surface area contributed by atoms with Crippen molar-refractivity contribution in [1.29, 1.82) is 0 Å². The van der Waals surface area contributed by atoms with Crippen molar-refractivity contribution in [3.05, 3.63) is 28.8 Å². The Balaban J connectivity index is 2.10. The number of aryl methyl sites for hydroxylation is 1. The molecule has 0 unspecified atom stereocenters. The van der Waals surface area contributed by atoms with E-state index < -0.39 is 9.84 Å². The molecule has 0 aromatic heterocycles. The lowest BCUT2D eigenvalue weighted by Crippen LogP contribution is -2.38. The molecule has 2 aliphatic heterocycles. The second kappa shape index (κ2) is 5.54. The van der Waals surface area contributed by atoms with E-state index in [0.29, 0.717) is 10.2 Å². The summed E-state index contributed by atoms with van der Waals surface area (Å²) < 4.78 is 23.9. The van der Waals surface area contributed by atoms with Gasteiger partial charge in [-0.2, -0.15) is 4.99 Å². The molecular formula is C14H15ClN2O3S2. The van der Waals surface area contributed by atoms with Gasteiger partial charge in [-0.15, -0.1) is 0 Å². The van der Waals surface area contributed by atoms with Gasteiger partial charge in [-0.25, -0.2) is 8.42 Å². The summed E-state index contributed by atoms with van der Waals surface area (Å²) >= 11 is 7.45. The minimum atomic E-state index is -3.06. The number of sulfone groups is 1. The largest absolute Gasteiger partial charge is 0.315 e. The molecule has 118 valence electrons. The van der Waals surface area contributed by atoms with Crippen molar-refractivity contribution in [3.63, 3.8) is 0 Å². The smallest absolute Gasteiger partial charge is 0.244 e. The zero-order valence-corrected chi connectivity index (χ0v) is 14.5. The number of amides is 1. The Bertz CT molecular complexity index is 776. The molecule has 2 atom stereocenters. The maximum Gasteiger partial charge on any atom is 0.244 e. The van der Waals surface area contributed by atoms with Crippen LogP contribution in [0.5, 0.6) is 0 Å². The molecule has 0 bridgehead atoms. The number of carbonyl (C=O) groups is 1. The van der Waals surface area contributed by atoms with Gasteiger partial charge in [0.05, 0.1) is 17.5 Å². The number of halogens is 1. The summed E-state index contributed by atoms with van der Waals surface area (Å²) in [6.07, 6.45) is 0. The van der Waals surface area contributed by atoms with Crippen LogP contribution in [0.3, 0.4) is 0 Å². The molecule has 0 radical (unpaired) electrons. The second-order valence-electron chi connectivity index (χ2n) is 5.51. The molecule has 2 heterocycles. The van der Waals surface area contributed by atoms with Gasteiger partial charge < -0.3 is 4.90 Å². The lowest BCUT2D eigenvalue weighted by atomic mass is 10.1. The molecule has 1 aromatic carbocycles. The molecule has 8 heteroatoms. The van der Waals surface area contributed by atoms with Gasteiger partial charge in [0.2, 0.25) is 5.91 Å². The number of anilines is 1. The lowest BCUT2D eigenvalue weighted by Gasteiger charge is -2.26. The minimum Gasteiger partial charge on any atom is -0.315 e. The summed E-state index contributed by atoms with van der Waals surface area (Å²) in [5, 5.41) is 1.03. The number of aliphatic imine (C=N–C) groups is 1. The predicted octanol–water partition coefficient (Wildman–Crippen LogP) is 2.27. The third-order valence-corrected chi connectivity index (χ3v) is 7.20. The van der Waals surface area contributed by atoms with Crippen molar-refractivity contribution in [2.24, 2.45) is 4.99 Å². The van der Waals surface area contributed by atoms with Crippen LogP contribution in [0.25, 0.3) is 0 Å². The molecule has 2 fully saturated rings. The molecule has 5 nitrogen and oxygen atoms in total. The van der Waals surface area contributed by atoms with E-state index in [9.17, 15) is 13.2 Å². The van der Waals surface area contributed by atoms with E-state index in [4.69, 9.17) is 11.6 Å². The number of carbonyl (C=O) groups excluding carboxylic acids is 1. The van der Waals surface area contributed by atoms with Gasteiger partial charge in [-0.3, -0.25) is 4.79 Å². The SMILES string of the molecule is CC(=O)N=C1S[C@@H]2CS(=O)(=O)C[C@@H]2N1c1cc(Cl)ccc1C. The first-order valence-electron chi connectivity index (χ1n) is 6.78. The molecule has 22 heavy (non-hydrogen) atoms. The summed E-state index contributed by atoms with van der Waals surface area (Å²) in [6.45, 7) is 3.32. The number of benzene rings is 1. The molecule has 1 aromatic rings. The van der Waals surface area contributed by atoms with Crippen LogP contribution in [0, 0.1) is 6.92 Å². The van der Waals surface area contributed by atoms with E-state index in [1.165, 1.54) is 18.7 Å². The van der Waals surface area contributed by atoms with Crippen LogP contribution in [0.2, 0.25) is 5.02 Å². The Morgan fingerprint density at radius 3 is 2.82 bits per heavy atom. The highest BCUT2D eigenvalue weighted by Gasteiger charge is 2.49. The van der Waals surface area contributed by atoms with Crippen LogP contribution in [-0.2, 0) is 14.6 Å². The van der Waals surface area contributed by atoms with Gasteiger partial charge in [0, 0.05) is 22.9 Å². The fourth-order valence-corrected chi connectivity index (χ4v) is 6.94. The average molecular weight is 359 g/mol. The van der Waals surface area contributed by atoms with E-state index in [-0.39, 0.29) is 28.7 Å². The standard InChI is InChI=1S/C14H15ClN2O3S2/c1-8-3-4-10(15)5-11(8)17-12-6-22(19,20)7-13(12)21-14(17)16-9(2)18/h3-5,12-13H,6-7H2,1-2H3/t12-,13+/m0/s1. The Morgan fingerprint density at radius 2 is 2.14 bits per heavy atom. The first-order valence-corrected chi connectivity index (χ1v) is 9.86. The Kier molecular flexibility index (Phi) is 3.99. The quantitative estimate of drug-likeness (QED) is 0.770. The monoisotopic (exact) mass is 358 g/mol. The Hall–Kier alpha value is -1.05. The summed E-state index contributed by atoms with van der Waals surface area (Å²) in [4.78, 5) is 17.3. The van der Waals surface area contributed by atoms with Crippen LogP contribution in [0.15, 0.2) is 23.2 Å². The minimum absolute atomic E-state index is 0.0769. The van der Waals surface area contributed by atoms with Crippen LogP contribution >= 0.6 is 23.4 Å². The van der Waals surface area contributed by atoms with E-state index in [1.54, 1.807) is 12.1 Å². The van der Waals surface area contributed by atoms with Gasteiger partial charge >= 0.3 is 0 Å². The maximum atomic E-state index is 11.9. The van der Waals surface area contributed by atoms with Gasteiger partial charge in [0.15, 0.2) is 15.0 Å². The predicted molar refractivity (Wildman–Crippen MR) is 90.6 cm³/mol. The Labute approximate surface area is 138 Å². The number of rotatable bonds is 1. The fraction of sp³-hybridized carbons (Fsp3) is 0.429. The first kappa shape index (κ1) is 15.8. The van der Waals surface area contributed by atoms with Crippen molar-refractivity contribution in [2.75, 3.05) is 16.4 Å². The second-order valence-corrected chi connectivity index (χ2v) is 9.31. The maximum absolute atomic E-state index is 11.9. The highest BCUT2D eigenvalue weighted by Crippen LogP contribution is 2.42. The van der Waals surface area contributed by atoms with E-state index >= 15 is 0 Å². The number of fused-ring (bicyclic) bond motifs is 1. The number of amidine groups is 1. The zero-order valence-electron chi connectivity index (χ0n) is 12.1. The first-order chi connectivity index (χ1) is 10.3. The van der Waals surface area contributed by atoms with Crippen LogP contribution < -0.4 is 4.90 Å². The normalized spacial score (nSPS) is 28.1. The number of thioether (sulfide) groups is 1. The van der Waals surface area contributed by atoms with E-state index in [2.05, 4.69) is 4.99 Å². The third kappa shape index (κ3) is 2.89. The van der Waals surface area contributed by atoms with Gasteiger partial charge in [-0.05, 0) is 24.6 Å². The molecule has 2 saturated heterocycles. The molecule has 0 saturated carbocycles. The number of hydrogen-bond acceptors (Lipinski definition) is 4. The summed E-state index contributed by atoms with van der Waals surface area (Å²) in [5.74, 6) is -0.0989. The van der Waals surface area contributed by atoms with Crippen LogP contribution in [0.4, 0.5) is 5.69 Å². The topological polar surface area (TPSA) is 66.8 Å². The van der Waals surface area contributed by atoms with Gasteiger partial charge in [0.1, 0.15) is 0 Å². The fourth-order valence-electron chi connectivity index (χ4n) is 2.82. The number of hydrogen-bond donors (Lipinski definition) is 0. The lowest BCUT2D eigenvalue weighted by molar-refractivity contribution is -0.115. The third-order valence-electron chi connectivity index (χ3n) is 3.75. The van der Waals surface area contributed by atoms with Crippen molar-refractivity contribution in [2.45, 2.75) is 25.1 Å².